The molecule has 0 unspecified atom stereocenters. The fourth-order valence-electron chi connectivity index (χ4n) is 4.03. The summed E-state index contributed by atoms with van der Waals surface area (Å²) < 4.78 is 17.7. The molecule has 1 aromatic heterocycles. The maximum Gasteiger partial charge on any atom is 0.0959 e. The Balaban J connectivity index is 1.26. The molecular formula is C18H26N2O3. The molecule has 0 N–H and O–H groups in total. The first kappa shape index (κ1) is 15.5. The van der Waals surface area contributed by atoms with Gasteiger partial charge in [-0.15, -0.1) is 0 Å². The summed E-state index contributed by atoms with van der Waals surface area (Å²) in [6.07, 6.45) is 6.45. The minimum atomic E-state index is 0.0331. The zero-order chi connectivity index (χ0) is 15.5. The standard InChI is InChI=1S/C18H26N2O3/c1-2-7-19-15(3-1)12-22-17-6-10-23-18(11-17)13-20(14-18)16-4-8-21-9-5-16/h1-3,7,16-17H,4-6,8-14H2/t17-/m1/s1. The van der Waals surface area contributed by atoms with Gasteiger partial charge in [-0.1, -0.05) is 6.07 Å². The predicted molar refractivity (Wildman–Crippen MR) is 86.1 cm³/mol. The van der Waals surface area contributed by atoms with Gasteiger partial charge in [-0.3, -0.25) is 9.88 Å². The zero-order valence-electron chi connectivity index (χ0n) is 13.7. The fraction of sp³-hybridized carbons (Fsp3) is 0.722. The molecule has 1 atom stereocenters. The maximum atomic E-state index is 6.14. The van der Waals surface area contributed by atoms with Crippen LogP contribution in [0.25, 0.3) is 0 Å². The molecule has 3 aliphatic heterocycles. The van der Waals surface area contributed by atoms with Crippen molar-refractivity contribution < 1.29 is 14.2 Å². The smallest absolute Gasteiger partial charge is 0.0959 e. The van der Waals surface area contributed by atoms with E-state index in [9.17, 15) is 0 Å². The summed E-state index contributed by atoms with van der Waals surface area (Å²) in [5.41, 5.74) is 1.04. The lowest BCUT2D eigenvalue weighted by Crippen LogP contribution is -2.68. The minimum Gasteiger partial charge on any atom is -0.381 e. The highest BCUT2D eigenvalue weighted by atomic mass is 16.5. The Hall–Kier alpha value is -1.01. The fourth-order valence-corrected chi connectivity index (χ4v) is 4.03. The first-order valence-corrected chi connectivity index (χ1v) is 8.80. The van der Waals surface area contributed by atoms with E-state index in [1.54, 1.807) is 0 Å². The highest BCUT2D eigenvalue weighted by Crippen LogP contribution is 2.37. The van der Waals surface area contributed by atoms with Crippen LogP contribution in [0.2, 0.25) is 0 Å². The maximum absolute atomic E-state index is 6.14. The van der Waals surface area contributed by atoms with Crippen LogP contribution in [0.5, 0.6) is 0 Å². The van der Waals surface area contributed by atoms with Gasteiger partial charge in [0.2, 0.25) is 0 Å². The van der Waals surface area contributed by atoms with Crippen LogP contribution < -0.4 is 0 Å². The van der Waals surface area contributed by atoms with Crippen molar-refractivity contribution >= 4 is 0 Å². The molecule has 0 bridgehead atoms. The number of ether oxygens (including phenoxy) is 3. The van der Waals surface area contributed by atoms with Gasteiger partial charge in [0.05, 0.1) is 24.0 Å². The summed E-state index contributed by atoms with van der Waals surface area (Å²) in [6.45, 7) is 5.34. The van der Waals surface area contributed by atoms with E-state index in [1.807, 2.05) is 24.4 Å². The quantitative estimate of drug-likeness (QED) is 0.850. The molecule has 0 amide bonds. The van der Waals surface area contributed by atoms with E-state index in [4.69, 9.17) is 14.2 Å². The Labute approximate surface area is 137 Å². The summed E-state index contributed by atoms with van der Waals surface area (Å²) in [6, 6.07) is 6.65. The van der Waals surface area contributed by atoms with E-state index < -0.39 is 0 Å². The van der Waals surface area contributed by atoms with Crippen molar-refractivity contribution in [3.05, 3.63) is 30.1 Å². The molecule has 5 heteroatoms. The zero-order valence-corrected chi connectivity index (χ0v) is 13.7. The minimum absolute atomic E-state index is 0.0331. The van der Waals surface area contributed by atoms with Gasteiger partial charge in [-0.05, 0) is 31.4 Å². The predicted octanol–water partition coefficient (Wildman–Crippen LogP) is 2.01. The molecule has 0 saturated carbocycles. The van der Waals surface area contributed by atoms with Gasteiger partial charge in [0.15, 0.2) is 0 Å². The van der Waals surface area contributed by atoms with E-state index in [-0.39, 0.29) is 5.60 Å². The van der Waals surface area contributed by atoms with E-state index in [0.717, 1.165) is 64.3 Å². The van der Waals surface area contributed by atoms with Crippen molar-refractivity contribution in [2.45, 2.75) is 50.0 Å². The third kappa shape index (κ3) is 3.58. The molecule has 1 spiro atoms. The number of hydrogen-bond acceptors (Lipinski definition) is 5. The lowest BCUT2D eigenvalue weighted by molar-refractivity contribution is -0.210. The van der Waals surface area contributed by atoms with E-state index in [0.29, 0.717) is 18.8 Å². The normalized spacial score (nSPS) is 28.6. The van der Waals surface area contributed by atoms with Crippen molar-refractivity contribution in [1.82, 2.24) is 9.88 Å². The van der Waals surface area contributed by atoms with Crippen LogP contribution in [0.4, 0.5) is 0 Å². The van der Waals surface area contributed by atoms with Crippen molar-refractivity contribution in [1.29, 1.82) is 0 Å². The Morgan fingerprint density at radius 3 is 2.83 bits per heavy atom. The van der Waals surface area contributed by atoms with Crippen molar-refractivity contribution in [2.75, 3.05) is 32.9 Å². The lowest BCUT2D eigenvalue weighted by atomic mass is 9.82. The van der Waals surface area contributed by atoms with Gasteiger partial charge in [-0.2, -0.15) is 0 Å². The molecule has 3 fully saturated rings. The molecule has 23 heavy (non-hydrogen) atoms. The van der Waals surface area contributed by atoms with Crippen LogP contribution in [0, 0.1) is 0 Å². The second-order valence-corrected chi connectivity index (χ2v) is 7.03. The SMILES string of the molecule is c1ccc(CO[C@@H]2CCOC3(C2)CN(C2CCOCC2)C3)nc1. The number of hydrogen-bond donors (Lipinski definition) is 0. The van der Waals surface area contributed by atoms with Crippen LogP contribution in [-0.4, -0.2) is 60.5 Å². The topological polar surface area (TPSA) is 43.8 Å². The second-order valence-electron chi connectivity index (χ2n) is 7.03. The molecule has 5 nitrogen and oxygen atoms in total. The number of nitrogens with zero attached hydrogens (tertiary/aromatic N) is 2. The Morgan fingerprint density at radius 2 is 2.04 bits per heavy atom. The molecule has 1 aromatic rings. The van der Waals surface area contributed by atoms with Crippen LogP contribution in [0.3, 0.4) is 0 Å². The van der Waals surface area contributed by atoms with Crippen LogP contribution >= 0.6 is 0 Å². The molecule has 0 aliphatic carbocycles. The second kappa shape index (κ2) is 6.85. The molecular weight excluding hydrogens is 292 g/mol. The van der Waals surface area contributed by atoms with Gasteiger partial charge in [0.25, 0.3) is 0 Å². The Morgan fingerprint density at radius 1 is 1.17 bits per heavy atom. The Kier molecular flexibility index (Phi) is 4.62. The highest BCUT2D eigenvalue weighted by Gasteiger charge is 2.49. The number of likely N-dealkylation sites (tertiary alicyclic amines) is 1. The average Bonchev–Trinajstić information content (AvgIpc) is 2.60. The van der Waals surface area contributed by atoms with E-state index in [1.165, 1.54) is 0 Å². The van der Waals surface area contributed by atoms with Crippen LogP contribution in [0.15, 0.2) is 24.4 Å². The summed E-state index contributed by atoms with van der Waals surface area (Å²) in [5.74, 6) is 0. The number of rotatable bonds is 4. The molecule has 0 radical (unpaired) electrons. The summed E-state index contributed by atoms with van der Waals surface area (Å²) in [5, 5.41) is 0. The van der Waals surface area contributed by atoms with Crippen molar-refractivity contribution in [3.63, 3.8) is 0 Å². The van der Waals surface area contributed by atoms with Crippen molar-refractivity contribution in [2.24, 2.45) is 0 Å². The molecule has 3 saturated heterocycles. The van der Waals surface area contributed by atoms with Gasteiger partial charge in [0.1, 0.15) is 0 Å². The molecule has 4 rings (SSSR count). The molecule has 126 valence electrons. The van der Waals surface area contributed by atoms with Crippen molar-refractivity contribution in [3.8, 4) is 0 Å². The van der Waals surface area contributed by atoms with Gasteiger partial charge >= 0.3 is 0 Å². The molecule has 4 heterocycles. The summed E-state index contributed by atoms with van der Waals surface area (Å²) in [7, 11) is 0. The summed E-state index contributed by atoms with van der Waals surface area (Å²) in [4.78, 5) is 6.90. The number of pyridine rings is 1. The molecule has 0 aromatic carbocycles. The van der Waals surface area contributed by atoms with Gasteiger partial charge in [0, 0.05) is 51.6 Å². The lowest BCUT2D eigenvalue weighted by Gasteiger charge is -2.56. The highest BCUT2D eigenvalue weighted by molar-refractivity contribution is 5.04. The van der Waals surface area contributed by atoms with Crippen LogP contribution in [-0.2, 0) is 20.8 Å². The first-order valence-electron chi connectivity index (χ1n) is 8.80. The first-order chi connectivity index (χ1) is 11.3. The van der Waals surface area contributed by atoms with Gasteiger partial charge in [-0.25, -0.2) is 0 Å². The monoisotopic (exact) mass is 318 g/mol. The Bertz CT molecular complexity index is 498. The average molecular weight is 318 g/mol. The third-order valence-electron chi connectivity index (χ3n) is 5.33. The van der Waals surface area contributed by atoms with E-state index in [2.05, 4.69) is 9.88 Å². The molecule has 3 aliphatic rings. The number of aromatic nitrogens is 1. The largest absolute Gasteiger partial charge is 0.381 e. The van der Waals surface area contributed by atoms with Crippen LogP contribution in [0.1, 0.15) is 31.4 Å². The summed E-state index contributed by atoms with van der Waals surface area (Å²) >= 11 is 0. The third-order valence-corrected chi connectivity index (χ3v) is 5.33. The van der Waals surface area contributed by atoms with E-state index >= 15 is 0 Å². The van der Waals surface area contributed by atoms with Gasteiger partial charge < -0.3 is 14.2 Å².